The zero-order valence-corrected chi connectivity index (χ0v) is 8.69. The molecule has 1 amide bonds. The molecule has 1 fully saturated rings. The highest BCUT2D eigenvalue weighted by Crippen LogP contribution is 2.09. The van der Waals surface area contributed by atoms with Gasteiger partial charge in [-0.25, -0.2) is 0 Å². The van der Waals surface area contributed by atoms with Gasteiger partial charge in [-0.1, -0.05) is 5.57 Å². The number of nitrogens with one attached hydrogen (secondary N) is 1. The Morgan fingerprint density at radius 3 is 2.80 bits per heavy atom. The third kappa shape index (κ3) is 3.08. The van der Waals surface area contributed by atoms with Crippen molar-refractivity contribution in [3.63, 3.8) is 0 Å². The number of carbonyl (C=O) groups is 1. The van der Waals surface area contributed by atoms with Crippen LogP contribution in [0.15, 0.2) is 23.7 Å². The topological polar surface area (TPSA) is 75.5 Å². The molecule has 0 aliphatic carbocycles. The second-order valence-electron chi connectivity index (χ2n) is 3.44. The summed E-state index contributed by atoms with van der Waals surface area (Å²) in [6.07, 6.45) is 2.27. The van der Waals surface area contributed by atoms with Gasteiger partial charge in [-0.15, -0.1) is 0 Å². The van der Waals surface area contributed by atoms with E-state index in [4.69, 9.17) is 0 Å². The number of carbonyl (C=O) groups excluding carboxylic acids is 1. The van der Waals surface area contributed by atoms with E-state index in [2.05, 4.69) is 5.32 Å². The maximum Gasteiger partial charge on any atom is 0.274 e. The lowest BCUT2D eigenvalue weighted by Crippen LogP contribution is -2.27. The highest BCUT2D eigenvalue weighted by Gasteiger charge is 2.23. The Balaban J connectivity index is 2.82. The molecule has 6 heteroatoms. The standard InChI is InChI=1S/C9H13N3O3/c1-7(2)5-9(13)11-4-3-10-8(11)6-12(14)15/h5-6,10H,3-4H2,1-2H3/b8-6+. The van der Waals surface area contributed by atoms with Crippen LogP contribution < -0.4 is 5.32 Å². The first-order chi connectivity index (χ1) is 7.00. The van der Waals surface area contributed by atoms with Crippen LogP contribution in [-0.2, 0) is 4.79 Å². The van der Waals surface area contributed by atoms with Crippen LogP contribution >= 0.6 is 0 Å². The molecule has 6 nitrogen and oxygen atoms in total. The Morgan fingerprint density at radius 1 is 1.60 bits per heavy atom. The monoisotopic (exact) mass is 211 g/mol. The summed E-state index contributed by atoms with van der Waals surface area (Å²) < 4.78 is 0. The second kappa shape index (κ2) is 4.59. The smallest absolute Gasteiger partial charge is 0.274 e. The predicted molar refractivity (Wildman–Crippen MR) is 54.2 cm³/mol. The fraction of sp³-hybridized carbons (Fsp3) is 0.444. The van der Waals surface area contributed by atoms with Crippen molar-refractivity contribution in [2.75, 3.05) is 13.1 Å². The molecule has 1 heterocycles. The van der Waals surface area contributed by atoms with Gasteiger partial charge in [0.15, 0.2) is 5.82 Å². The van der Waals surface area contributed by atoms with Gasteiger partial charge in [-0.2, -0.15) is 0 Å². The second-order valence-corrected chi connectivity index (χ2v) is 3.44. The van der Waals surface area contributed by atoms with Crippen molar-refractivity contribution in [2.45, 2.75) is 13.8 Å². The lowest BCUT2D eigenvalue weighted by molar-refractivity contribution is -0.404. The van der Waals surface area contributed by atoms with Crippen LogP contribution in [-0.4, -0.2) is 28.8 Å². The molecule has 1 N–H and O–H groups in total. The van der Waals surface area contributed by atoms with E-state index >= 15 is 0 Å². The molecule has 82 valence electrons. The summed E-state index contributed by atoms with van der Waals surface area (Å²) >= 11 is 0. The van der Waals surface area contributed by atoms with E-state index in [0.717, 1.165) is 11.8 Å². The first-order valence-corrected chi connectivity index (χ1v) is 4.56. The maximum atomic E-state index is 11.6. The van der Waals surface area contributed by atoms with E-state index in [9.17, 15) is 14.9 Å². The van der Waals surface area contributed by atoms with Gasteiger partial charge in [-0.05, 0) is 13.8 Å². The normalized spacial score (nSPS) is 17.5. The number of nitrogens with zero attached hydrogens (tertiary/aromatic N) is 2. The van der Waals surface area contributed by atoms with E-state index < -0.39 is 4.92 Å². The molecule has 0 aromatic heterocycles. The number of hydrogen-bond donors (Lipinski definition) is 1. The van der Waals surface area contributed by atoms with E-state index in [1.165, 1.54) is 11.0 Å². The Labute approximate surface area is 87.4 Å². The average molecular weight is 211 g/mol. The van der Waals surface area contributed by atoms with Gasteiger partial charge in [0.2, 0.25) is 0 Å². The van der Waals surface area contributed by atoms with Crippen LogP contribution in [0.5, 0.6) is 0 Å². The van der Waals surface area contributed by atoms with Crippen LogP contribution in [0.2, 0.25) is 0 Å². The predicted octanol–water partition coefficient (Wildman–Crippen LogP) is 0.460. The van der Waals surface area contributed by atoms with Crippen molar-refractivity contribution in [3.05, 3.63) is 33.8 Å². The van der Waals surface area contributed by atoms with Crippen molar-refractivity contribution in [3.8, 4) is 0 Å². The van der Waals surface area contributed by atoms with Gasteiger partial charge in [0.05, 0.1) is 4.92 Å². The molecule has 0 aromatic carbocycles. The van der Waals surface area contributed by atoms with E-state index in [0.29, 0.717) is 13.1 Å². The highest BCUT2D eigenvalue weighted by atomic mass is 16.6. The lowest BCUT2D eigenvalue weighted by atomic mass is 10.3. The molecule has 0 spiro atoms. The molecular formula is C9H13N3O3. The Bertz CT molecular complexity index is 343. The molecule has 15 heavy (non-hydrogen) atoms. The number of rotatable bonds is 2. The molecular weight excluding hydrogens is 198 g/mol. The van der Waals surface area contributed by atoms with Crippen molar-refractivity contribution < 1.29 is 9.72 Å². The number of amides is 1. The van der Waals surface area contributed by atoms with Crippen LogP contribution in [0, 0.1) is 10.1 Å². The third-order valence-electron chi connectivity index (χ3n) is 1.84. The first-order valence-electron chi connectivity index (χ1n) is 4.56. The summed E-state index contributed by atoms with van der Waals surface area (Å²) in [4.78, 5) is 22.7. The minimum Gasteiger partial charge on any atom is -0.364 e. The van der Waals surface area contributed by atoms with Crippen molar-refractivity contribution >= 4 is 5.91 Å². The largest absolute Gasteiger partial charge is 0.364 e. The summed E-state index contributed by atoms with van der Waals surface area (Å²) in [6.45, 7) is 4.61. The van der Waals surface area contributed by atoms with Gasteiger partial charge in [0.1, 0.15) is 0 Å². The fourth-order valence-corrected chi connectivity index (χ4v) is 1.28. The molecule has 1 aliphatic heterocycles. The van der Waals surface area contributed by atoms with Gasteiger partial charge >= 0.3 is 0 Å². The Morgan fingerprint density at radius 2 is 2.27 bits per heavy atom. The van der Waals surface area contributed by atoms with Gasteiger partial charge in [-0.3, -0.25) is 19.8 Å². The van der Waals surface area contributed by atoms with Crippen LogP contribution in [0.4, 0.5) is 0 Å². The first kappa shape index (κ1) is 11.2. The van der Waals surface area contributed by atoms with E-state index in [1.54, 1.807) is 13.8 Å². The number of allylic oxidation sites excluding steroid dienone is 1. The molecule has 0 aromatic rings. The number of hydrogen-bond acceptors (Lipinski definition) is 4. The quantitative estimate of drug-likeness (QED) is 0.409. The molecule has 0 saturated carbocycles. The van der Waals surface area contributed by atoms with Gasteiger partial charge < -0.3 is 5.32 Å². The summed E-state index contributed by atoms with van der Waals surface area (Å²) in [6, 6.07) is 0. The van der Waals surface area contributed by atoms with Crippen molar-refractivity contribution in [1.29, 1.82) is 0 Å². The van der Waals surface area contributed by atoms with Gasteiger partial charge in [0, 0.05) is 19.2 Å². The number of nitro groups is 1. The third-order valence-corrected chi connectivity index (χ3v) is 1.84. The summed E-state index contributed by atoms with van der Waals surface area (Å²) in [5, 5.41) is 13.1. The molecule has 0 radical (unpaired) electrons. The van der Waals surface area contributed by atoms with Crippen LogP contribution in [0.25, 0.3) is 0 Å². The lowest BCUT2D eigenvalue weighted by Gasteiger charge is -2.12. The van der Waals surface area contributed by atoms with E-state index in [-0.39, 0.29) is 11.7 Å². The zero-order valence-electron chi connectivity index (χ0n) is 8.69. The Kier molecular flexibility index (Phi) is 3.43. The molecule has 1 rings (SSSR count). The maximum absolute atomic E-state index is 11.6. The molecule has 0 unspecified atom stereocenters. The SMILES string of the molecule is CC(C)=CC(=O)N1CCN/C1=C\[N+](=O)[O-]. The van der Waals surface area contributed by atoms with Crippen molar-refractivity contribution in [1.82, 2.24) is 10.2 Å². The van der Waals surface area contributed by atoms with Gasteiger partial charge in [0.25, 0.3) is 12.1 Å². The van der Waals surface area contributed by atoms with Crippen molar-refractivity contribution in [2.24, 2.45) is 0 Å². The minimum absolute atomic E-state index is 0.229. The summed E-state index contributed by atoms with van der Waals surface area (Å²) in [5.74, 6) is 0.0237. The summed E-state index contributed by atoms with van der Waals surface area (Å²) in [7, 11) is 0. The fourth-order valence-electron chi connectivity index (χ4n) is 1.28. The summed E-state index contributed by atoms with van der Waals surface area (Å²) in [5.41, 5.74) is 0.868. The average Bonchev–Trinajstić information content (AvgIpc) is 2.49. The molecule has 1 saturated heterocycles. The van der Waals surface area contributed by atoms with Crippen LogP contribution in [0.1, 0.15) is 13.8 Å². The zero-order chi connectivity index (χ0) is 11.4. The molecule has 0 atom stereocenters. The molecule has 1 aliphatic rings. The molecule has 0 bridgehead atoms. The van der Waals surface area contributed by atoms with Crippen LogP contribution in [0.3, 0.4) is 0 Å². The minimum atomic E-state index is -0.573. The van der Waals surface area contributed by atoms with E-state index in [1.807, 2.05) is 0 Å². The Hall–Kier alpha value is -1.85. The highest BCUT2D eigenvalue weighted by molar-refractivity contribution is 5.89.